The lowest BCUT2D eigenvalue weighted by Crippen LogP contribution is -2.43. The van der Waals surface area contributed by atoms with Gasteiger partial charge in [-0.3, -0.25) is 4.79 Å². The summed E-state index contributed by atoms with van der Waals surface area (Å²) in [6.07, 6.45) is 4.15. The fourth-order valence-corrected chi connectivity index (χ4v) is 2.69. The molecule has 1 saturated heterocycles. The van der Waals surface area contributed by atoms with Gasteiger partial charge in [0.15, 0.2) is 0 Å². The van der Waals surface area contributed by atoms with E-state index in [2.05, 4.69) is 20.3 Å². The second-order valence-electron chi connectivity index (χ2n) is 5.87. The van der Waals surface area contributed by atoms with Crippen LogP contribution in [-0.2, 0) is 11.8 Å². The Kier molecular flexibility index (Phi) is 5.26. The third-order valence-electron chi connectivity index (χ3n) is 4.12. The highest BCUT2D eigenvalue weighted by molar-refractivity contribution is 5.43. The first-order valence-corrected chi connectivity index (χ1v) is 8.15. The molecular weight excluding hydrogens is 320 g/mol. The maximum Gasteiger partial charge on any atom is 0.268 e. The standard InChI is InChI=1S/C17H20N6O2/c1-22-17(24)8-14(11-21-22)23-6-7-25-15(12-23)4-5-19-16-3-2-13(9-18)10-20-16/h2-3,8,10-11,15H,4-7,12H2,1H3,(H,19,20)/t15-/m1/s1. The van der Waals surface area contributed by atoms with E-state index in [1.165, 1.54) is 4.68 Å². The van der Waals surface area contributed by atoms with Crippen LogP contribution >= 0.6 is 0 Å². The molecule has 2 aromatic rings. The molecule has 0 spiro atoms. The zero-order chi connectivity index (χ0) is 17.6. The fourth-order valence-electron chi connectivity index (χ4n) is 2.69. The Morgan fingerprint density at radius 1 is 1.44 bits per heavy atom. The van der Waals surface area contributed by atoms with Crippen molar-refractivity contribution in [1.82, 2.24) is 14.8 Å². The average molecular weight is 340 g/mol. The van der Waals surface area contributed by atoms with E-state index in [1.54, 1.807) is 37.6 Å². The summed E-state index contributed by atoms with van der Waals surface area (Å²) in [5.74, 6) is 0.738. The van der Waals surface area contributed by atoms with Crippen LogP contribution in [0.4, 0.5) is 11.5 Å². The average Bonchev–Trinajstić information content (AvgIpc) is 2.65. The maximum absolute atomic E-state index is 11.7. The van der Waals surface area contributed by atoms with E-state index in [1.807, 2.05) is 6.07 Å². The molecule has 25 heavy (non-hydrogen) atoms. The van der Waals surface area contributed by atoms with Crippen LogP contribution in [-0.4, -0.2) is 47.1 Å². The summed E-state index contributed by atoms with van der Waals surface area (Å²) in [6, 6.07) is 7.17. The van der Waals surface area contributed by atoms with Crippen LogP contribution in [0.2, 0.25) is 0 Å². The third kappa shape index (κ3) is 4.33. The van der Waals surface area contributed by atoms with E-state index in [9.17, 15) is 4.79 Å². The number of pyridine rings is 1. The van der Waals surface area contributed by atoms with Crippen molar-refractivity contribution < 1.29 is 4.74 Å². The first kappa shape index (κ1) is 16.9. The molecule has 2 aromatic heterocycles. The SMILES string of the molecule is Cn1ncc(N2CCO[C@H](CCNc3ccc(C#N)cn3)C2)cc1=O. The molecule has 3 rings (SSSR count). The molecule has 8 heteroatoms. The lowest BCUT2D eigenvalue weighted by molar-refractivity contribution is 0.0374. The molecular formula is C17H20N6O2. The first-order chi connectivity index (χ1) is 12.2. The van der Waals surface area contributed by atoms with E-state index in [4.69, 9.17) is 10.00 Å². The Labute approximate surface area is 145 Å². The summed E-state index contributed by atoms with van der Waals surface area (Å²) >= 11 is 0. The molecule has 0 unspecified atom stereocenters. The molecule has 0 amide bonds. The van der Waals surface area contributed by atoms with E-state index < -0.39 is 0 Å². The zero-order valence-corrected chi connectivity index (χ0v) is 14.1. The Bertz CT molecular complexity index is 811. The minimum atomic E-state index is -0.117. The van der Waals surface area contributed by atoms with Crippen molar-refractivity contribution in [3.05, 3.63) is 46.5 Å². The van der Waals surface area contributed by atoms with Crippen molar-refractivity contribution in [2.24, 2.45) is 7.05 Å². The highest BCUT2D eigenvalue weighted by atomic mass is 16.5. The lowest BCUT2D eigenvalue weighted by Gasteiger charge is -2.34. The summed E-state index contributed by atoms with van der Waals surface area (Å²) in [4.78, 5) is 18.1. The van der Waals surface area contributed by atoms with E-state index in [0.29, 0.717) is 18.7 Å². The highest BCUT2D eigenvalue weighted by Crippen LogP contribution is 2.16. The third-order valence-corrected chi connectivity index (χ3v) is 4.12. The molecule has 0 aromatic carbocycles. The van der Waals surface area contributed by atoms with Gasteiger partial charge in [-0.25, -0.2) is 9.67 Å². The quantitative estimate of drug-likeness (QED) is 0.858. The van der Waals surface area contributed by atoms with Gasteiger partial charge in [-0.2, -0.15) is 10.4 Å². The van der Waals surface area contributed by atoms with Crippen molar-refractivity contribution in [2.45, 2.75) is 12.5 Å². The predicted molar refractivity (Wildman–Crippen MR) is 93.5 cm³/mol. The Hall–Kier alpha value is -2.92. The van der Waals surface area contributed by atoms with Crippen LogP contribution in [0.5, 0.6) is 0 Å². The number of aromatic nitrogens is 3. The van der Waals surface area contributed by atoms with Crippen molar-refractivity contribution in [3.63, 3.8) is 0 Å². The number of morpholine rings is 1. The number of rotatable bonds is 5. The largest absolute Gasteiger partial charge is 0.374 e. The number of hydrogen-bond donors (Lipinski definition) is 1. The number of nitriles is 1. The van der Waals surface area contributed by atoms with Crippen molar-refractivity contribution >= 4 is 11.5 Å². The van der Waals surface area contributed by atoms with Gasteiger partial charge in [0.2, 0.25) is 0 Å². The predicted octanol–water partition coefficient (Wildman–Crippen LogP) is 0.754. The molecule has 1 N–H and O–H groups in total. The molecule has 0 bridgehead atoms. The number of anilines is 2. The number of hydrogen-bond acceptors (Lipinski definition) is 7. The van der Waals surface area contributed by atoms with Gasteiger partial charge in [0.05, 0.1) is 30.2 Å². The van der Waals surface area contributed by atoms with Gasteiger partial charge in [0.25, 0.3) is 5.56 Å². The molecule has 1 aliphatic rings. The van der Waals surface area contributed by atoms with Crippen molar-refractivity contribution in [1.29, 1.82) is 5.26 Å². The van der Waals surface area contributed by atoms with Crippen LogP contribution in [0.3, 0.4) is 0 Å². The molecule has 8 nitrogen and oxygen atoms in total. The summed E-state index contributed by atoms with van der Waals surface area (Å²) in [5, 5.41) is 16.1. The zero-order valence-electron chi connectivity index (χ0n) is 14.1. The van der Waals surface area contributed by atoms with Gasteiger partial charge >= 0.3 is 0 Å². The molecule has 0 radical (unpaired) electrons. The molecule has 1 aliphatic heterocycles. The van der Waals surface area contributed by atoms with Crippen molar-refractivity contribution in [3.8, 4) is 6.07 Å². The van der Waals surface area contributed by atoms with Crippen LogP contribution < -0.4 is 15.8 Å². The molecule has 1 atom stereocenters. The van der Waals surface area contributed by atoms with Crippen molar-refractivity contribution in [2.75, 3.05) is 36.5 Å². The smallest absolute Gasteiger partial charge is 0.268 e. The van der Waals surface area contributed by atoms with Crippen LogP contribution in [0, 0.1) is 11.3 Å². The van der Waals surface area contributed by atoms with Crippen LogP contribution in [0.1, 0.15) is 12.0 Å². The minimum absolute atomic E-state index is 0.0729. The fraction of sp³-hybridized carbons (Fsp3) is 0.412. The molecule has 0 saturated carbocycles. The van der Waals surface area contributed by atoms with Gasteiger partial charge in [-0.15, -0.1) is 0 Å². The highest BCUT2D eigenvalue weighted by Gasteiger charge is 2.21. The molecule has 1 fully saturated rings. The van der Waals surface area contributed by atoms with Crippen LogP contribution in [0.15, 0.2) is 35.4 Å². The Morgan fingerprint density at radius 2 is 2.32 bits per heavy atom. The van der Waals surface area contributed by atoms with E-state index >= 15 is 0 Å². The van der Waals surface area contributed by atoms with Gasteiger partial charge < -0.3 is 15.0 Å². The lowest BCUT2D eigenvalue weighted by atomic mass is 10.2. The maximum atomic E-state index is 11.7. The number of ether oxygens (including phenoxy) is 1. The minimum Gasteiger partial charge on any atom is -0.374 e. The van der Waals surface area contributed by atoms with Gasteiger partial charge in [0, 0.05) is 38.9 Å². The van der Waals surface area contributed by atoms with Gasteiger partial charge in [0.1, 0.15) is 11.9 Å². The van der Waals surface area contributed by atoms with Gasteiger partial charge in [-0.05, 0) is 18.6 Å². The second kappa shape index (κ2) is 7.77. The van der Waals surface area contributed by atoms with E-state index in [-0.39, 0.29) is 11.7 Å². The Balaban J connectivity index is 1.52. The number of nitrogens with zero attached hydrogens (tertiary/aromatic N) is 5. The summed E-state index contributed by atoms with van der Waals surface area (Å²) in [5.41, 5.74) is 1.26. The number of nitrogens with one attached hydrogen (secondary N) is 1. The normalized spacial score (nSPS) is 17.1. The topological polar surface area (TPSA) is 96.1 Å². The van der Waals surface area contributed by atoms with Crippen LogP contribution in [0.25, 0.3) is 0 Å². The first-order valence-electron chi connectivity index (χ1n) is 8.15. The molecule has 130 valence electrons. The monoisotopic (exact) mass is 340 g/mol. The van der Waals surface area contributed by atoms with Gasteiger partial charge in [-0.1, -0.05) is 0 Å². The summed E-state index contributed by atoms with van der Waals surface area (Å²) < 4.78 is 7.12. The van der Waals surface area contributed by atoms with E-state index in [0.717, 1.165) is 31.0 Å². The molecule has 3 heterocycles. The second-order valence-corrected chi connectivity index (χ2v) is 5.87. The summed E-state index contributed by atoms with van der Waals surface area (Å²) in [6.45, 7) is 2.80. The molecule has 0 aliphatic carbocycles. The Morgan fingerprint density at radius 3 is 3.04 bits per heavy atom. The summed E-state index contributed by atoms with van der Waals surface area (Å²) in [7, 11) is 1.64. The number of aryl methyl sites for hydroxylation is 1.